The van der Waals surface area contributed by atoms with Gasteiger partial charge in [-0.15, -0.1) is 0 Å². The molecule has 1 atom stereocenters. The van der Waals surface area contributed by atoms with Crippen LogP contribution in [0.5, 0.6) is 5.75 Å². The van der Waals surface area contributed by atoms with Crippen molar-refractivity contribution >= 4 is 12.2 Å². The van der Waals surface area contributed by atoms with E-state index in [1.807, 2.05) is 67.6 Å². The molecule has 0 radical (unpaired) electrons. The third-order valence-electron chi connectivity index (χ3n) is 3.07. The molecule has 0 fully saturated rings. The van der Waals surface area contributed by atoms with E-state index >= 15 is 0 Å². The normalized spacial score (nSPS) is 13.3. The number of methoxy groups -OCH3 is 1. The summed E-state index contributed by atoms with van der Waals surface area (Å²) < 4.78 is 10.6. The minimum atomic E-state index is -0.278. The Hall–Kier alpha value is -2.52. The molecule has 1 unspecified atom stereocenters. The fourth-order valence-corrected chi connectivity index (χ4v) is 1.85. The highest BCUT2D eigenvalue weighted by Crippen LogP contribution is 2.15. The summed E-state index contributed by atoms with van der Waals surface area (Å²) in [7, 11) is 1.60. The lowest BCUT2D eigenvalue weighted by molar-refractivity contribution is -0.0382. The number of aliphatic hydroxyl groups is 1. The topological polar surface area (TPSA) is 38.7 Å². The smallest absolute Gasteiger partial charge is 0.196 e. The third kappa shape index (κ3) is 5.11. The van der Waals surface area contributed by atoms with E-state index in [1.54, 1.807) is 19.3 Å². The lowest BCUT2D eigenvalue weighted by atomic mass is 10.1. The van der Waals surface area contributed by atoms with Crippen LogP contribution in [0.25, 0.3) is 12.2 Å². The van der Waals surface area contributed by atoms with E-state index in [1.165, 1.54) is 0 Å². The first-order valence-corrected chi connectivity index (χ1v) is 7.10. The number of rotatable bonds is 6. The SMILES string of the molecule is COC(C)Oc1ccc(C=CC(O)=Cc2ccccc2)cc1. The van der Waals surface area contributed by atoms with Gasteiger partial charge in [-0.25, -0.2) is 0 Å². The molecule has 0 bridgehead atoms. The van der Waals surface area contributed by atoms with Crippen LogP contribution in [-0.2, 0) is 4.74 Å². The molecule has 114 valence electrons. The molecule has 0 aliphatic carbocycles. The van der Waals surface area contributed by atoms with Crippen molar-refractivity contribution in [1.82, 2.24) is 0 Å². The van der Waals surface area contributed by atoms with Crippen LogP contribution in [0.1, 0.15) is 18.1 Å². The summed E-state index contributed by atoms with van der Waals surface area (Å²) >= 11 is 0. The number of benzene rings is 2. The van der Waals surface area contributed by atoms with Gasteiger partial charge in [0.25, 0.3) is 0 Å². The van der Waals surface area contributed by atoms with E-state index in [-0.39, 0.29) is 12.0 Å². The van der Waals surface area contributed by atoms with E-state index in [0.29, 0.717) is 0 Å². The van der Waals surface area contributed by atoms with Crippen LogP contribution in [0.4, 0.5) is 0 Å². The van der Waals surface area contributed by atoms with Crippen LogP contribution in [0.3, 0.4) is 0 Å². The molecule has 0 saturated heterocycles. The van der Waals surface area contributed by atoms with Gasteiger partial charge in [0.2, 0.25) is 0 Å². The first-order chi connectivity index (χ1) is 10.7. The average molecular weight is 296 g/mol. The van der Waals surface area contributed by atoms with Gasteiger partial charge in [0.05, 0.1) is 0 Å². The molecule has 0 amide bonds. The van der Waals surface area contributed by atoms with E-state index in [0.717, 1.165) is 16.9 Å². The molecule has 2 aromatic rings. The van der Waals surface area contributed by atoms with Gasteiger partial charge in [-0.1, -0.05) is 48.5 Å². The minimum absolute atomic E-state index is 0.208. The average Bonchev–Trinajstić information content (AvgIpc) is 2.55. The summed E-state index contributed by atoms with van der Waals surface area (Å²) in [6.45, 7) is 1.83. The molecule has 0 spiro atoms. The Morgan fingerprint density at radius 2 is 1.68 bits per heavy atom. The molecule has 1 N–H and O–H groups in total. The molecule has 3 heteroatoms. The van der Waals surface area contributed by atoms with E-state index < -0.39 is 0 Å². The second kappa shape index (κ2) is 8.05. The van der Waals surface area contributed by atoms with Crippen molar-refractivity contribution in [3.63, 3.8) is 0 Å². The summed E-state index contributed by atoms with van der Waals surface area (Å²) in [4.78, 5) is 0. The molecular formula is C19H20O3. The van der Waals surface area contributed by atoms with Crippen LogP contribution < -0.4 is 4.74 Å². The molecule has 2 rings (SSSR count). The van der Waals surface area contributed by atoms with Gasteiger partial charge < -0.3 is 14.6 Å². The van der Waals surface area contributed by atoms with Crippen LogP contribution >= 0.6 is 0 Å². The van der Waals surface area contributed by atoms with Crippen molar-refractivity contribution in [2.75, 3.05) is 7.11 Å². The quantitative estimate of drug-likeness (QED) is 0.478. The number of aliphatic hydroxyl groups excluding tert-OH is 1. The van der Waals surface area contributed by atoms with Gasteiger partial charge in [0, 0.05) is 7.11 Å². The standard InChI is InChI=1S/C19H20O3/c1-15(21-2)22-19-12-9-16(10-13-19)8-11-18(20)14-17-6-4-3-5-7-17/h3-15,20H,1-2H3. The Balaban J connectivity index is 1.99. The van der Waals surface area contributed by atoms with Crippen LogP contribution in [0, 0.1) is 0 Å². The number of ether oxygens (including phenoxy) is 2. The monoisotopic (exact) mass is 296 g/mol. The summed E-state index contributed by atoms with van der Waals surface area (Å²) in [5.74, 6) is 0.954. The van der Waals surface area contributed by atoms with Crippen molar-refractivity contribution in [3.8, 4) is 5.75 Å². The van der Waals surface area contributed by atoms with Crippen LogP contribution in [0.15, 0.2) is 66.4 Å². The highest BCUT2D eigenvalue weighted by molar-refractivity contribution is 5.59. The van der Waals surface area contributed by atoms with Crippen molar-refractivity contribution in [2.24, 2.45) is 0 Å². The van der Waals surface area contributed by atoms with Gasteiger partial charge in [-0.2, -0.15) is 0 Å². The van der Waals surface area contributed by atoms with Gasteiger partial charge in [-0.05, 0) is 42.3 Å². The number of hydrogen-bond donors (Lipinski definition) is 1. The predicted octanol–water partition coefficient (Wildman–Crippen LogP) is 4.67. The Bertz CT molecular complexity index is 627. The van der Waals surface area contributed by atoms with Crippen molar-refractivity contribution in [1.29, 1.82) is 0 Å². The zero-order valence-corrected chi connectivity index (χ0v) is 12.8. The highest BCUT2D eigenvalue weighted by Gasteiger charge is 2.00. The summed E-state index contributed by atoms with van der Waals surface area (Å²) in [6.07, 6.45) is 4.95. The van der Waals surface area contributed by atoms with Crippen molar-refractivity contribution in [3.05, 3.63) is 77.6 Å². The fraction of sp³-hybridized carbons (Fsp3) is 0.158. The lowest BCUT2D eigenvalue weighted by Gasteiger charge is -2.12. The zero-order chi connectivity index (χ0) is 15.8. The maximum absolute atomic E-state index is 9.90. The van der Waals surface area contributed by atoms with Crippen molar-refractivity contribution in [2.45, 2.75) is 13.2 Å². The number of allylic oxidation sites excluding steroid dienone is 1. The van der Waals surface area contributed by atoms with Gasteiger partial charge >= 0.3 is 0 Å². The molecule has 3 nitrogen and oxygen atoms in total. The van der Waals surface area contributed by atoms with Gasteiger partial charge in [0.1, 0.15) is 11.5 Å². The molecule has 2 aromatic carbocycles. The zero-order valence-electron chi connectivity index (χ0n) is 12.8. The second-order valence-electron chi connectivity index (χ2n) is 4.80. The molecular weight excluding hydrogens is 276 g/mol. The molecule has 0 saturated carbocycles. The number of hydrogen-bond acceptors (Lipinski definition) is 3. The van der Waals surface area contributed by atoms with E-state index in [9.17, 15) is 5.11 Å². The molecule has 0 aliphatic heterocycles. The first kappa shape index (κ1) is 15.9. The highest BCUT2D eigenvalue weighted by atomic mass is 16.7. The van der Waals surface area contributed by atoms with Gasteiger partial charge in [0.15, 0.2) is 6.29 Å². The largest absolute Gasteiger partial charge is 0.508 e. The first-order valence-electron chi connectivity index (χ1n) is 7.10. The second-order valence-corrected chi connectivity index (χ2v) is 4.80. The fourth-order valence-electron chi connectivity index (χ4n) is 1.85. The summed E-state index contributed by atoms with van der Waals surface area (Å²) in [5.41, 5.74) is 1.94. The minimum Gasteiger partial charge on any atom is -0.508 e. The summed E-state index contributed by atoms with van der Waals surface area (Å²) in [5, 5.41) is 9.90. The predicted molar refractivity (Wildman–Crippen MR) is 89.6 cm³/mol. The van der Waals surface area contributed by atoms with Gasteiger partial charge in [-0.3, -0.25) is 0 Å². The Labute approximate surface area is 131 Å². The molecule has 0 aliphatic rings. The third-order valence-corrected chi connectivity index (χ3v) is 3.07. The maximum Gasteiger partial charge on any atom is 0.196 e. The Morgan fingerprint density at radius 3 is 2.32 bits per heavy atom. The van der Waals surface area contributed by atoms with Crippen molar-refractivity contribution < 1.29 is 14.6 Å². The molecule has 22 heavy (non-hydrogen) atoms. The summed E-state index contributed by atoms with van der Waals surface area (Å²) in [6, 6.07) is 17.3. The van der Waals surface area contributed by atoms with E-state index in [4.69, 9.17) is 9.47 Å². The molecule has 0 heterocycles. The molecule has 0 aromatic heterocycles. The Morgan fingerprint density at radius 1 is 1.00 bits per heavy atom. The van der Waals surface area contributed by atoms with E-state index in [2.05, 4.69) is 0 Å². The maximum atomic E-state index is 9.90. The lowest BCUT2D eigenvalue weighted by Crippen LogP contribution is -2.13. The Kier molecular flexibility index (Phi) is 5.81. The van der Waals surface area contributed by atoms with Crippen LogP contribution in [0.2, 0.25) is 0 Å². The van der Waals surface area contributed by atoms with Crippen LogP contribution in [-0.4, -0.2) is 18.5 Å².